The average Bonchev–Trinajstić information content (AvgIpc) is 2.87. The summed E-state index contributed by atoms with van der Waals surface area (Å²) in [5, 5.41) is 10.4. The smallest absolute Gasteiger partial charge is 0.197 e. The second-order valence-corrected chi connectivity index (χ2v) is 8.76. The van der Waals surface area contributed by atoms with Crippen LogP contribution in [0.3, 0.4) is 0 Å². The van der Waals surface area contributed by atoms with E-state index in [0.29, 0.717) is 21.1 Å². The van der Waals surface area contributed by atoms with E-state index in [9.17, 15) is 8.42 Å². The number of rotatable bonds is 4. The molecule has 3 aromatic rings. The number of fused-ring (bicyclic) bond motifs is 1. The van der Waals surface area contributed by atoms with Crippen LogP contribution in [-0.2, 0) is 16.9 Å². The highest BCUT2D eigenvalue weighted by Crippen LogP contribution is 2.31. The summed E-state index contributed by atoms with van der Waals surface area (Å²) in [6, 6.07) is 4.85. The van der Waals surface area contributed by atoms with Crippen LogP contribution >= 0.6 is 11.8 Å². The van der Waals surface area contributed by atoms with Crippen LogP contribution in [0.25, 0.3) is 10.9 Å². The second-order valence-electron chi connectivity index (χ2n) is 5.79. The van der Waals surface area contributed by atoms with E-state index in [1.54, 1.807) is 18.2 Å². The summed E-state index contributed by atoms with van der Waals surface area (Å²) < 4.78 is 25.5. The predicted octanol–water partition coefficient (Wildman–Crippen LogP) is 2.44. The highest BCUT2D eigenvalue weighted by molar-refractivity contribution is 7.99. The summed E-state index contributed by atoms with van der Waals surface area (Å²) in [6.45, 7) is 4.11. The molecule has 0 fully saturated rings. The lowest BCUT2D eigenvalue weighted by molar-refractivity contribution is 0.602. The summed E-state index contributed by atoms with van der Waals surface area (Å²) in [6.07, 6.45) is 2.65. The van der Waals surface area contributed by atoms with Gasteiger partial charge < -0.3 is 4.57 Å². The fourth-order valence-electron chi connectivity index (χ4n) is 2.33. The first-order valence-electron chi connectivity index (χ1n) is 7.29. The van der Waals surface area contributed by atoms with Crippen LogP contribution < -0.4 is 0 Å². The zero-order valence-electron chi connectivity index (χ0n) is 13.8. The third kappa shape index (κ3) is 3.13. The van der Waals surface area contributed by atoms with Gasteiger partial charge in [-0.1, -0.05) is 13.8 Å². The number of nitrogens with zero attached hydrogens (tertiary/aromatic N) is 5. The van der Waals surface area contributed by atoms with Gasteiger partial charge in [-0.25, -0.2) is 18.4 Å². The molecule has 0 atom stereocenters. The summed E-state index contributed by atoms with van der Waals surface area (Å²) in [5.74, 6) is 1.14. The van der Waals surface area contributed by atoms with E-state index in [0.717, 1.165) is 5.82 Å². The molecule has 126 valence electrons. The highest BCUT2D eigenvalue weighted by atomic mass is 32.2. The van der Waals surface area contributed by atoms with Gasteiger partial charge in [-0.2, -0.15) is 0 Å². The number of hydrogen-bond acceptors (Lipinski definition) is 7. The minimum Gasteiger partial charge on any atom is -0.309 e. The third-order valence-electron chi connectivity index (χ3n) is 3.57. The van der Waals surface area contributed by atoms with Crippen LogP contribution in [0.2, 0.25) is 0 Å². The Hall–Kier alpha value is -2.00. The molecular formula is C15H17N5O2S2. The Balaban J connectivity index is 2.09. The molecule has 0 saturated carbocycles. The maximum Gasteiger partial charge on any atom is 0.197 e. The van der Waals surface area contributed by atoms with Crippen molar-refractivity contribution >= 4 is 32.5 Å². The Bertz CT molecular complexity index is 1010. The molecule has 0 saturated heterocycles. The van der Waals surface area contributed by atoms with Crippen molar-refractivity contribution in [2.24, 2.45) is 7.05 Å². The zero-order valence-corrected chi connectivity index (χ0v) is 15.4. The van der Waals surface area contributed by atoms with Crippen molar-refractivity contribution in [1.29, 1.82) is 0 Å². The fourth-order valence-corrected chi connectivity index (χ4v) is 3.83. The van der Waals surface area contributed by atoms with E-state index in [2.05, 4.69) is 34.0 Å². The molecule has 2 heterocycles. The predicted molar refractivity (Wildman–Crippen MR) is 91.9 cm³/mol. The van der Waals surface area contributed by atoms with Gasteiger partial charge in [0.25, 0.3) is 0 Å². The van der Waals surface area contributed by atoms with Gasteiger partial charge in [-0.05, 0) is 30.0 Å². The number of hydrogen-bond donors (Lipinski definition) is 0. The first-order valence-corrected chi connectivity index (χ1v) is 10.00. The van der Waals surface area contributed by atoms with Gasteiger partial charge in [0.05, 0.1) is 10.4 Å². The Morgan fingerprint density at radius 3 is 2.54 bits per heavy atom. The Labute approximate surface area is 144 Å². The molecule has 0 N–H and O–H groups in total. The SMILES string of the molecule is CC(C)c1nnc(Sc2ncnc3ccc(S(C)(=O)=O)cc23)n1C. The molecule has 0 bridgehead atoms. The lowest BCUT2D eigenvalue weighted by atomic mass is 10.2. The number of benzene rings is 1. The normalized spacial score (nSPS) is 12.2. The van der Waals surface area contributed by atoms with Crippen LogP contribution in [0.5, 0.6) is 0 Å². The van der Waals surface area contributed by atoms with Crippen molar-refractivity contribution in [3.05, 3.63) is 30.4 Å². The van der Waals surface area contributed by atoms with Crippen LogP contribution in [0.1, 0.15) is 25.6 Å². The van der Waals surface area contributed by atoms with Crippen molar-refractivity contribution < 1.29 is 8.42 Å². The first kappa shape index (κ1) is 16.8. The molecule has 0 radical (unpaired) electrons. The fraction of sp³-hybridized carbons (Fsp3) is 0.333. The first-order chi connectivity index (χ1) is 11.3. The average molecular weight is 363 g/mol. The van der Waals surface area contributed by atoms with Gasteiger partial charge in [0.2, 0.25) is 0 Å². The Kier molecular flexibility index (Phi) is 4.31. The molecule has 0 aliphatic carbocycles. The maximum atomic E-state index is 11.8. The third-order valence-corrected chi connectivity index (χ3v) is 5.74. The quantitative estimate of drug-likeness (QED) is 0.658. The van der Waals surface area contributed by atoms with Gasteiger partial charge in [0.1, 0.15) is 17.2 Å². The minimum atomic E-state index is -3.30. The monoisotopic (exact) mass is 363 g/mol. The van der Waals surface area contributed by atoms with E-state index in [1.165, 1.54) is 24.3 Å². The van der Waals surface area contributed by atoms with Crippen LogP contribution in [0, 0.1) is 0 Å². The molecule has 2 aromatic heterocycles. The minimum absolute atomic E-state index is 0.243. The summed E-state index contributed by atoms with van der Waals surface area (Å²) in [4.78, 5) is 8.74. The number of sulfone groups is 1. The Morgan fingerprint density at radius 1 is 1.17 bits per heavy atom. The van der Waals surface area contributed by atoms with Crippen molar-refractivity contribution in [2.45, 2.75) is 34.8 Å². The molecule has 3 rings (SSSR count). The van der Waals surface area contributed by atoms with Gasteiger partial charge in [-0.3, -0.25) is 0 Å². The second kappa shape index (κ2) is 6.14. The van der Waals surface area contributed by atoms with E-state index in [1.807, 2.05) is 11.6 Å². The summed E-state index contributed by atoms with van der Waals surface area (Å²) in [7, 11) is -1.39. The lowest BCUT2D eigenvalue weighted by Crippen LogP contribution is -2.01. The lowest BCUT2D eigenvalue weighted by Gasteiger charge is -2.07. The molecule has 7 nitrogen and oxygen atoms in total. The van der Waals surface area contributed by atoms with Crippen molar-refractivity contribution in [3.63, 3.8) is 0 Å². The molecular weight excluding hydrogens is 346 g/mol. The molecule has 24 heavy (non-hydrogen) atoms. The van der Waals surface area contributed by atoms with Gasteiger partial charge in [-0.15, -0.1) is 10.2 Å². The standard InChI is InChI=1S/C15H17N5O2S2/c1-9(2)13-18-19-15(20(13)3)23-14-11-7-10(24(4,21)22)5-6-12(11)16-8-17-14/h5-9H,1-4H3. The molecule has 9 heteroatoms. The van der Waals surface area contributed by atoms with Crippen molar-refractivity contribution in [3.8, 4) is 0 Å². The molecule has 0 spiro atoms. The largest absolute Gasteiger partial charge is 0.309 e. The van der Waals surface area contributed by atoms with E-state index in [4.69, 9.17) is 0 Å². The van der Waals surface area contributed by atoms with E-state index < -0.39 is 9.84 Å². The Morgan fingerprint density at radius 2 is 1.92 bits per heavy atom. The molecule has 0 unspecified atom stereocenters. The topological polar surface area (TPSA) is 90.6 Å². The number of aromatic nitrogens is 5. The maximum absolute atomic E-state index is 11.8. The van der Waals surface area contributed by atoms with Crippen LogP contribution in [-0.4, -0.2) is 39.4 Å². The van der Waals surface area contributed by atoms with Gasteiger partial charge in [0, 0.05) is 24.6 Å². The van der Waals surface area contributed by atoms with E-state index in [-0.39, 0.29) is 10.8 Å². The van der Waals surface area contributed by atoms with Gasteiger partial charge >= 0.3 is 0 Å². The highest BCUT2D eigenvalue weighted by Gasteiger charge is 2.16. The molecule has 0 amide bonds. The molecule has 0 aliphatic heterocycles. The van der Waals surface area contributed by atoms with Crippen LogP contribution in [0.4, 0.5) is 0 Å². The van der Waals surface area contributed by atoms with Crippen molar-refractivity contribution in [1.82, 2.24) is 24.7 Å². The van der Waals surface area contributed by atoms with Crippen molar-refractivity contribution in [2.75, 3.05) is 6.26 Å². The molecule has 0 aliphatic rings. The summed E-state index contributed by atoms with van der Waals surface area (Å²) in [5.41, 5.74) is 0.686. The zero-order chi connectivity index (χ0) is 17.5. The van der Waals surface area contributed by atoms with Gasteiger partial charge in [0.15, 0.2) is 15.0 Å². The van der Waals surface area contributed by atoms with Crippen LogP contribution in [0.15, 0.2) is 39.6 Å². The summed E-state index contributed by atoms with van der Waals surface area (Å²) >= 11 is 1.34. The molecule has 1 aromatic carbocycles. The van der Waals surface area contributed by atoms with E-state index >= 15 is 0 Å².